The molecule has 1 amide bonds. The van der Waals surface area contributed by atoms with Gasteiger partial charge in [-0.3, -0.25) is 5.43 Å². The van der Waals surface area contributed by atoms with Gasteiger partial charge in [-0.05, 0) is 32.9 Å². The van der Waals surface area contributed by atoms with Crippen molar-refractivity contribution in [2.45, 2.75) is 26.4 Å². The van der Waals surface area contributed by atoms with Crippen molar-refractivity contribution in [2.24, 2.45) is 0 Å². The van der Waals surface area contributed by atoms with Gasteiger partial charge in [0.05, 0.1) is 0 Å². The van der Waals surface area contributed by atoms with Gasteiger partial charge < -0.3 is 4.74 Å². The summed E-state index contributed by atoms with van der Waals surface area (Å²) in [5, 5.41) is 0.578. The quantitative estimate of drug-likeness (QED) is 0.615. The zero-order chi connectivity index (χ0) is 13.8. The van der Waals surface area contributed by atoms with Gasteiger partial charge in [0.25, 0.3) is 0 Å². The van der Waals surface area contributed by atoms with E-state index in [9.17, 15) is 4.79 Å². The number of hydrogen-bond donors (Lipinski definition) is 2. The van der Waals surface area contributed by atoms with Crippen LogP contribution in [-0.4, -0.2) is 16.7 Å². The van der Waals surface area contributed by atoms with E-state index in [0.29, 0.717) is 15.6 Å². The van der Waals surface area contributed by atoms with Crippen LogP contribution in [0.3, 0.4) is 0 Å². The summed E-state index contributed by atoms with van der Waals surface area (Å²) in [7, 11) is 0. The molecule has 4 nitrogen and oxygen atoms in total. The molecule has 0 aliphatic rings. The highest BCUT2D eigenvalue weighted by Gasteiger charge is 2.16. The number of amides is 1. The van der Waals surface area contributed by atoms with E-state index in [1.807, 2.05) is 0 Å². The molecule has 6 heteroatoms. The van der Waals surface area contributed by atoms with Crippen LogP contribution in [0.4, 0.5) is 4.79 Å². The fourth-order valence-corrected chi connectivity index (χ4v) is 1.48. The Morgan fingerprint density at radius 3 is 2.56 bits per heavy atom. The molecule has 2 N–H and O–H groups in total. The standard InChI is InChI=1S/C12H15ClN2O2S/c1-12(2,3)17-11(16)15-14-10(18)8-5-4-6-9(13)7-8/h4-7H,1-3H3,(H,14,18)(H,15,16). The van der Waals surface area contributed by atoms with Crippen molar-refractivity contribution in [1.29, 1.82) is 0 Å². The molecule has 0 aliphatic heterocycles. The molecule has 0 fully saturated rings. The van der Waals surface area contributed by atoms with Crippen molar-refractivity contribution in [3.05, 3.63) is 34.9 Å². The first-order chi connectivity index (χ1) is 8.28. The second kappa shape index (κ2) is 6.02. The lowest BCUT2D eigenvalue weighted by atomic mass is 10.2. The maximum absolute atomic E-state index is 11.4. The van der Waals surface area contributed by atoms with Gasteiger partial charge in [0.1, 0.15) is 10.6 Å². The zero-order valence-electron chi connectivity index (χ0n) is 10.4. The molecule has 0 aromatic heterocycles. The summed E-state index contributed by atoms with van der Waals surface area (Å²) in [4.78, 5) is 11.7. The molecule has 0 saturated carbocycles. The molecular weight excluding hydrogens is 272 g/mol. The molecule has 18 heavy (non-hydrogen) atoms. The number of hydrogen-bond acceptors (Lipinski definition) is 3. The number of carbonyl (C=O) groups excluding carboxylic acids is 1. The molecule has 0 aliphatic carbocycles. The van der Waals surface area contributed by atoms with Gasteiger partial charge in [-0.1, -0.05) is 36.0 Å². The van der Waals surface area contributed by atoms with Crippen LogP contribution < -0.4 is 10.9 Å². The average molecular weight is 287 g/mol. The molecule has 0 bridgehead atoms. The third kappa shape index (κ3) is 5.33. The van der Waals surface area contributed by atoms with Crippen LogP contribution in [-0.2, 0) is 4.74 Å². The molecule has 1 rings (SSSR count). The Labute approximate surface area is 117 Å². The van der Waals surface area contributed by atoms with E-state index in [-0.39, 0.29) is 0 Å². The summed E-state index contributed by atoms with van der Waals surface area (Å²) < 4.78 is 5.05. The highest BCUT2D eigenvalue weighted by Crippen LogP contribution is 2.10. The van der Waals surface area contributed by atoms with Crippen molar-refractivity contribution in [3.63, 3.8) is 0 Å². The molecule has 0 radical (unpaired) electrons. The predicted molar refractivity (Wildman–Crippen MR) is 75.7 cm³/mol. The smallest absolute Gasteiger partial charge is 0.426 e. The third-order valence-electron chi connectivity index (χ3n) is 1.76. The van der Waals surface area contributed by atoms with E-state index in [4.69, 9.17) is 28.6 Å². The summed E-state index contributed by atoms with van der Waals surface area (Å²) in [5.41, 5.74) is 5.12. The van der Waals surface area contributed by atoms with Gasteiger partial charge in [-0.2, -0.15) is 0 Å². The lowest BCUT2D eigenvalue weighted by molar-refractivity contribution is 0.0513. The predicted octanol–water partition coefficient (Wildman–Crippen LogP) is 3.04. The van der Waals surface area contributed by atoms with Crippen molar-refractivity contribution >= 4 is 34.9 Å². The van der Waals surface area contributed by atoms with Crippen molar-refractivity contribution < 1.29 is 9.53 Å². The topological polar surface area (TPSA) is 50.4 Å². The van der Waals surface area contributed by atoms with E-state index < -0.39 is 11.7 Å². The van der Waals surface area contributed by atoms with Crippen LogP contribution in [0, 0.1) is 0 Å². The highest BCUT2D eigenvalue weighted by atomic mass is 35.5. The summed E-state index contributed by atoms with van der Waals surface area (Å²) in [5.74, 6) is 0. The summed E-state index contributed by atoms with van der Waals surface area (Å²) in [6, 6.07) is 7.01. The molecular formula is C12H15ClN2O2S. The number of rotatable bonds is 1. The first-order valence-corrected chi connectivity index (χ1v) is 6.11. The second-order valence-electron chi connectivity index (χ2n) is 4.59. The Hall–Kier alpha value is -1.33. The number of nitrogens with one attached hydrogen (secondary N) is 2. The molecule has 0 spiro atoms. The lowest BCUT2D eigenvalue weighted by Gasteiger charge is -2.20. The minimum absolute atomic E-state index is 0.364. The Morgan fingerprint density at radius 1 is 1.33 bits per heavy atom. The van der Waals surface area contributed by atoms with E-state index in [1.165, 1.54) is 0 Å². The van der Waals surface area contributed by atoms with Crippen LogP contribution >= 0.6 is 23.8 Å². The Bertz CT molecular complexity index is 458. The number of benzene rings is 1. The van der Waals surface area contributed by atoms with Crippen LogP contribution in [0.15, 0.2) is 24.3 Å². The van der Waals surface area contributed by atoms with Crippen LogP contribution in [0.1, 0.15) is 26.3 Å². The second-order valence-corrected chi connectivity index (χ2v) is 5.44. The van der Waals surface area contributed by atoms with Crippen LogP contribution in [0.2, 0.25) is 5.02 Å². The average Bonchev–Trinajstić information content (AvgIpc) is 2.23. The van der Waals surface area contributed by atoms with Gasteiger partial charge in [0.2, 0.25) is 0 Å². The van der Waals surface area contributed by atoms with Gasteiger partial charge >= 0.3 is 6.09 Å². The monoisotopic (exact) mass is 286 g/mol. The molecule has 1 aromatic carbocycles. The van der Waals surface area contributed by atoms with Gasteiger partial charge in [-0.15, -0.1) is 0 Å². The molecule has 0 unspecified atom stereocenters. The third-order valence-corrected chi connectivity index (χ3v) is 2.34. The minimum Gasteiger partial charge on any atom is -0.443 e. The normalized spacial score (nSPS) is 10.7. The number of thiocarbonyl (C=S) groups is 1. The Morgan fingerprint density at radius 2 is 2.00 bits per heavy atom. The number of hydrazine groups is 1. The molecule has 0 heterocycles. The Kier molecular flexibility index (Phi) is 4.93. The fraction of sp³-hybridized carbons (Fsp3) is 0.333. The minimum atomic E-state index is -0.591. The number of halogens is 1. The van der Waals surface area contributed by atoms with E-state index in [2.05, 4.69) is 10.9 Å². The zero-order valence-corrected chi connectivity index (χ0v) is 12.0. The number of carbonyl (C=O) groups is 1. The van der Waals surface area contributed by atoms with E-state index >= 15 is 0 Å². The number of ether oxygens (including phenoxy) is 1. The highest BCUT2D eigenvalue weighted by molar-refractivity contribution is 7.80. The van der Waals surface area contributed by atoms with Crippen molar-refractivity contribution in [2.75, 3.05) is 0 Å². The molecule has 1 aromatic rings. The van der Waals surface area contributed by atoms with Gasteiger partial charge in [0, 0.05) is 10.6 Å². The summed E-state index contributed by atoms with van der Waals surface area (Å²) >= 11 is 10.9. The van der Waals surface area contributed by atoms with Crippen molar-refractivity contribution in [3.8, 4) is 0 Å². The van der Waals surface area contributed by atoms with Crippen molar-refractivity contribution in [1.82, 2.24) is 10.9 Å². The van der Waals surface area contributed by atoms with Crippen LogP contribution in [0.5, 0.6) is 0 Å². The fourth-order valence-electron chi connectivity index (χ4n) is 1.11. The van der Waals surface area contributed by atoms with Crippen LogP contribution in [0.25, 0.3) is 0 Å². The maximum atomic E-state index is 11.4. The molecule has 98 valence electrons. The van der Waals surface area contributed by atoms with Gasteiger partial charge in [-0.25, -0.2) is 10.2 Å². The van der Waals surface area contributed by atoms with E-state index in [0.717, 1.165) is 0 Å². The molecule has 0 atom stereocenters. The Balaban J connectivity index is 2.49. The largest absolute Gasteiger partial charge is 0.443 e. The summed E-state index contributed by atoms with van der Waals surface area (Å²) in [6.45, 7) is 5.34. The lowest BCUT2D eigenvalue weighted by Crippen LogP contribution is -2.43. The first kappa shape index (κ1) is 14.7. The molecule has 0 saturated heterocycles. The summed E-state index contributed by atoms with van der Waals surface area (Å²) in [6.07, 6.45) is -0.591. The first-order valence-electron chi connectivity index (χ1n) is 5.33. The SMILES string of the molecule is CC(C)(C)OC(=O)NNC(=S)c1cccc(Cl)c1. The van der Waals surface area contributed by atoms with E-state index in [1.54, 1.807) is 45.0 Å². The van der Waals surface area contributed by atoms with Gasteiger partial charge in [0.15, 0.2) is 0 Å². The maximum Gasteiger partial charge on any atom is 0.426 e.